The molecule has 0 bridgehead atoms. The number of hydrogen-bond donors (Lipinski definition) is 0. The lowest BCUT2D eigenvalue weighted by Crippen LogP contribution is -1.93. The van der Waals surface area contributed by atoms with E-state index in [-0.39, 0.29) is 5.82 Å². The van der Waals surface area contributed by atoms with Gasteiger partial charge in [-0.15, -0.1) is 5.10 Å². The van der Waals surface area contributed by atoms with Gasteiger partial charge in [-0.1, -0.05) is 42.5 Å². The number of nitriles is 1. The Hall–Kier alpha value is -3.52. The van der Waals surface area contributed by atoms with Gasteiger partial charge < -0.3 is 0 Å². The van der Waals surface area contributed by atoms with Crippen LogP contribution in [0.15, 0.2) is 66.9 Å². The molecule has 0 aliphatic carbocycles. The van der Waals surface area contributed by atoms with Crippen molar-refractivity contribution in [1.29, 1.82) is 5.26 Å². The van der Waals surface area contributed by atoms with Gasteiger partial charge in [0.05, 0.1) is 11.1 Å². The molecule has 4 rings (SSSR count). The van der Waals surface area contributed by atoms with E-state index in [1.54, 1.807) is 30.5 Å². The van der Waals surface area contributed by atoms with Crippen molar-refractivity contribution in [2.24, 2.45) is 0 Å². The number of aromatic nitrogens is 3. The molecule has 0 aliphatic heterocycles. The van der Waals surface area contributed by atoms with E-state index in [0.29, 0.717) is 16.8 Å². The maximum Gasteiger partial charge on any atom is 0.185 e. The lowest BCUT2D eigenvalue weighted by Gasteiger charge is -2.03. The maximum absolute atomic E-state index is 14.0. The van der Waals surface area contributed by atoms with Gasteiger partial charge in [0.2, 0.25) is 0 Å². The molecule has 24 heavy (non-hydrogen) atoms. The fourth-order valence-corrected chi connectivity index (χ4v) is 2.61. The van der Waals surface area contributed by atoms with Crippen LogP contribution < -0.4 is 0 Å². The lowest BCUT2D eigenvalue weighted by molar-refractivity contribution is 0.630. The van der Waals surface area contributed by atoms with E-state index in [4.69, 9.17) is 0 Å². The molecule has 5 heteroatoms. The molecule has 2 heterocycles. The van der Waals surface area contributed by atoms with E-state index in [1.165, 1.54) is 10.6 Å². The first kappa shape index (κ1) is 14.1. The molecule has 0 fully saturated rings. The van der Waals surface area contributed by atoms with Crippen LogP contribution in [0, 0.1) is 17.1 Å². The summed E-state index contributed by atoms with van der Waals surface area (Å²) in [4.78, 5) is 4.34. The molecule has 4 aromatic rings. The molecule has 0 spiro atoms. The van der Waals surface area contributed by atoms with Gasteiger partial charge in [0.1, 0.15) is 11.9 Å². The predicted octanol–water partition coefficient (Wildman–Crippen LogP) is 4.07. The minimum Gasteiger partial charge on any atom is -0.219 e. The lowest BCUT2D eigenvalue weighted by atomic mass is 10.1. The second kappa shape index (κ2) is 5.60. The van der Waals surface area contributed by atoms with Crippen LogP contribution in [0.1, 0.15) is 5.56 Å². The monoisotopic (exact) mass is 314 g/mol. The van der Waals surface area contributed by atoms with Crippen LogP contribution in [0.3, 0.4) is 0 Å². The summed E-state index contributed by atoms with van der Waals surface area (Å²) < 4.78 is 15.5. The second-order valence-corrected chi connectivity index (χ2v) is 5.30. The van der Waals surface area contributed by atoms with Crippen LogP contribution in [0.25, 0.3) is 28.2 Å². The average Bonchev–Trinajstić information content (AvgIpc) is 3.06. The van der Waals surface area contributed by atoms with E-state index in [2.05, 4.69) is 16.2 Å². The Balaban J connectivity index is 1.94. The minimum atomic E-state index is -0.393. The Morgan fingerprint density at radius 2 is 1.71 bits per heavy atom. The molecule has 114 valence electrons. The third-order valence-electron chi connectivity index (χ3n) is 3.78. The smallest absolute Gasteiger partial charge is 0.185 e. The van der Waals surface area contributed by atoms with Gasteiger partial charge in [0.15, 0.2) is 11.5 Å². The fraction of sp³-hybridized carbons (Fsp3) is 0. The summed E-state index contributed by atoms with van der Waals surface area (Å²) in [5.41, 5.74) is 2.94. The molecule has 0 saturated carbocycles. The Kier molecular flexibility index (Phi) is 3.29. The topological polar surface area (TPSA) is 54.0 Å². The van der Waals surface area contributed by atoms with Crippen molar-refractivity contribution in [2.45, 2.75) is 0 Å². The number of hydrogen-bond acceptors (Lipinski definition) is 3. The molecular weight excluding hydrogens is 303 g/mol. The van der Waals surface area contributed by atoms with Gasteiger partial charge in [-0.2, -0.15) is 5.26 Å². The Morgan fingerprint density at radius 1 is 0.958 bits per heavy atom. The fourth-order valence-electron chi connectivity index (χ4n) is 2.61. The van der Waals surface area contributed by atoms with Gasteiger partial charge >= 0.3 is 0 Å². The number of fused-ring (bicyclic) bond motifs is 1. The average molecular weight is 314 g/mol. The molecule has 0 atom stereocenters. The third-order valence-corrected chi connectivity index (χ3v) is 3.78. The summed E-state index contributed by atoms with van der Waals surface area (Å²) in [6.45, 7) is 0. The summed E-state index contributed by atoms with van der Waals surface area (Å²) in [6, 6.07) is 19.9. The van der Waals surface area contributed by atoms with E-state index < -0.39 is 5.82 Å². The Bertz CT molecular complexity index is 1080. The quantitative estimate of drug-likeness (QED) is 0.560. The number of nitrogens with zero attached hydrogens (tertiary/aromatic N) is 4. The Labute approximate surface area is 137 Å². The molecule has 2 aromatic heterocycles. The number of halogens is 1. The molecule has 0 N–H and O–H groups in total. The highest BCUT2D eigenvalue weighted by Gasteiger charge is 2.14. The van der Waals surface area contributed by atoms with Crippen molar-refractivity contribution in [2.75, 3.05) is 0 Å². The molecule has 0 aliphatic rings. The minimum absolute atomic E-state index is 0.259. The molecule has 2 aromatic carbocycles. The van der Waals surface area contributed by atoms with Gasteiger partial charge in [0, 0.05) is 11.8 Å². The summed E-state index contributed by atoms with van der Waals surface area (Å²) in [7, 11) is 0. The zero-order valence-corrected chi connectivity index (χ0v) is 12.5. The summed E-state index contributed by atoms with van der Waals surface area (Å²) in [5.74, 6) is -0.134. The molecule has 0 saturated heterocycles. The SMILES string of the molecule is N#Cc1cc(-c2ccccc2)cn2nc(-c3ccccc3F)nc12. The molecule has 0 radical (unpaired) electrons. The van der Waals surface area contributed by atoms with Crippen molar-refractivity contribution in [3.05, 3.63) is 78.2 Å². The van der Waals surface area contributed by atoms with Gasteiger partial charge in [-0.25, -0.2) is 13.9 Å². The summed E-state index contributed by atoms with van der Waals surface area (Å²) >= 11 is 0. The van der Waals surface area contributed by atoms with Gasteiger partial charge in [-0.3, -0.25) is 0 Å². The van der Waals surface area contributed by atoms with E-state index in [0.717, 1.165) is 11.1 Å². The first-order chi connectivity index (χ1) is 11.8. The first-order valence-electron chi connectivity index (χ1n) is 7.37. The van der Waals surface area contributed by atoms with Crippen LogP contribution in [0.4, 0.5) is 4.39 Å². The van der Waals surface area contributed by atoms with Crippen LogP contribution in [0.2, 0.25) is 0 Å². The van der Waals surface area contributed by atoms with Gasteiger partial charge in [-0.05, 0) is 23.8 Å². The van der Waals surface area contributed by atoms with Crippen molar-refractivity contribution in [3.63, 3.8) is 0 Å². The van der Waals surface area contributed by atoms with Crippen LogP contribution in [-0.4, -0.2) is 14.6 Å². The number of pyridine rings is 1. The molecule has 0 amide bonds. The van der Waals surface area contributed by atoms with Crippen LogP contribution in [-0.2, 0) is 0 Å². The highest BCUT2D eigenvalue weighted by molar-refractivity contribution is 5.70. The van der Waals surface area contributed by atoms with Crippen molar-refractivity contribution in [1.82, 2.24) is 14.6 Å². The first-order valence-corrected chi connectivity index (χ1v) is 7.37. The van der Waals surface area contributed by atoms with Crippen LogP contribution in [0.5, 0.6) is 0 Å². The Morgan fingerprint density at radius 3 is 2.46 bits per heavy atom. The van der Waals surface area contributed by atoms with Crippen LogP contribution >= 0.6 is 0 Å². The summed E-state index contributed by atoms with van der Waals surface area (Å²) in [6.07, 6.45) is 1.79. The zero-order chi connectivity index (χ0) is 16.5. The third kappa shape index (κ3) is 2.31. The highest BCUT2D eigenvalue weighted by atomic mass is 19.1. The predicted molar refractivity (Wildman–Crippen MR) is 88.5 cm³/mol. The standard InChI is InChI=1S/C19H11FN4/c20-17-9-5-4-8-16(17)18-22-19-14(11-21)10-15(12-24(19)23-18)13-6-2-1-3-7-13/h1-10,12H. The highest BCUT2D eigenvalue weighted by Crippen LogP contribution is 2.25. The zero-order valence-electron chi connectivity index (χ0n) is 12.5. The van der Waals surface area contributed by atoms with Crippen molar-refractivity contribution < 1.29 is 4.39 Å². The largest absolute Gasteiger partial charge is 0.219 e. The normalized spacial score (nSPS) is 10.7. The summed E-state index contributed by atoms with van der Waals surface area (Å²) in [5, 5.41) is 13.8. The van der Waals surface area contributed by atoms with Gasteiger partial charge in [0.25, 0.3) is 0 Å². The van der Waals surface area contributed by atoms with E-state index in [1.807, 2.05) is 30.3 Å². The van der Waals surface area contributed by atoms with E-state index >= 15 is 0 Å². The van der Waals surface area contributed by atoms with E-state index in [9.17, 15) is 9.65 Å². The van der Waals surface area contributed by atoms with Crippen molar-refractivity contribution >= 4 is 5.65 Å². The second-order valence-electron chi connectivity index (χ2n) is 5.30. The van der Waals surface area contributed by atoms with Crippen molar-refractivity contribution in [3.8, 4) is 28.6 Å². The maximum atomic E-state index is 14.0. The number of rotatable bonds is 2. The number of benzene rings is 2. The molecular formula is C19H11FN4. The molecule has 4 nitrogen and oxygen atoms in total. The molecule has 0 unspecified atom stereocenters.